The highest BCUT2D eigenvalue weighted by Gasteiger charge is 2.34. The van der Waals surface area contributed by atoms with Crippen molar-refractivity contribution in [3.05, 3.63) is 95.0 Å². The number of rotatable bonds is 12. The molecule has 3 rings (SSSR count). The summed E-state index contributed by atoms with van der Waals surface area (Å²) < 4.78 is 28.6. The molecule has 0 radical (unpaired) electrons. The van der Waals surface area contributed by atoms with Crippen LogP contribution in [0.25, 0.3) is 0 Å². The minimum absolute atomic E-state index is 0.0329. The highest BCUT2D eigenvalue weighted by molar-refractivity contribution is 7.92. The van der Waals surface area contributed by atoms with Gasteiger partial charge in [-0.1, -0.05) is 85.6 Å². The van der Waals surface area contributed by atoms with Crippen LogP contribution < -0.4 is 9.62 Å². The first-order valence-electron chi connectivity index (χ1n) is 12.6. The van der Waals surface area contributed by atoms with Gasteiger partial charge in [0.2, 0.25) is 11.8 Å². The topological polar surface area (TPSA) is 86.8 Å². The van der Waals surface area contributed by atoms with Crippen LogP contribution in [0.4, 0.5) is 5.69 Å². The zero-order valence-corrected chi connectivity index (χ0v) is 23.5. The van der Waals surface area contributed by atoms with Crippen molar-refractivity contribution in [1.82, 2.24) is 10.2 Å². The number of aryl methyl sites for hydroxylation is 1. The van der Waals surface area contributed by atoms with Gasteiger partial charge in [-0.05, 0) is 49.6 Å². The van der Waals surface area contributed by atoms with E-state index >= 15 is 0 Å². The lowest BCUT2D eigenvalue weighted by Gasteiger charge is -2.33. The summed E-state index contributed by atoms with van der Waals surface area (Å²) >= 11 is 6.42. The van der Waals surface area contributed by atoms with Gasteiger partial charge >= 0.3 is 0 Å². The standard InChI is InChI=1S/C29H34ClN3O4S/c1-4-19-31-29(35)26(5-2)32(20-23-17-15-22(3)16-18-23)28(34)21-33(27-14-10-9-13-25(27)30)38(36,37)24-11-7-6-8-12-24/h6-18,26H,4-5,19-21H2,1-3H3,(H,31,35)/t26-/m1/s1. The molecular weight excluding hydrogens is 522 g/mol. The number of nitrogens with one attached hydrogen (secondary N) is 1. The molecule has 0 aliphatic carbocycles. The molecule has 202 valence electrons. The molecule has 0 heterocycles. The highest BCUT2D eigenvalue weighted by Crippen LogP contribution is 2.30. The molecule has 3 aromatic carbocycles. The number of hydrogen-bond donors (Lipinski definition) is 1. The van der Waals surface area contributed by atoms with E-state index in [0.29, 0.717) is 13.0 Å². The third-order valence-electron chi connectivity index (χ3n) is 6.14. The van der Waals surface area contributed by atoms with E-state index in [1.165, 1.54) is 17.0 Å². The summed E-state index contributed by atoms with van der Waals surface area (Å²) in [5.74, 6) is -0.784. The number of sulfonamides is 1. The van der Waals surface area contributed by atoms with Crippen molar-refractivity contribution >= 4 is 39.1 Å². The molecular formula is C29H34ClN3O4S. The largest absolute Gasteiger partial charge is 0.354 e. The summed E-state index contributed by atoms with van der Waals surface area (Å²) in [4.78, 5) is 28.5. The smallest absolute Gasteiger partial charge is 0.264 e. The number of hydrogen-bond acceptors (Lipinski definition) is 4. The number of nitrogens with zero attached hydrogens (tertiary/aromatic N) is 2. The van der Waals surface area contributed by atoms with Crippen molar-refractivity contribution in [2.75, 3.05) is 17.4 Å². The first-order valence-corrected chi connectivity index (χ1v) is 14.5. The van der Waals surface area contributed by atoms with Crippen molar-refractivity contribution in [1.29, 1.82) is 0 Å². The molecule has 1 N–H and O–H groups in total. The second-order valence-electron chi connectivity index (χ2n) is 9.00. The number of anilines is 1. The van der Waals surface area contributed by atoms with Gasteiger partial charge < -0.3 is 10.2 Å². The molecule has 3 aromatic rings. The minimum Gasteiger partial charge on any atom is -0.354 e. The molecule has 0 spiro atoms. The molecule has 0 aromatic heterocycles. The van der Waals surface area contributed by atoms with Gasteiger partial charge in [0.25, 0.3) is 10.0 Å². The molecule has 0 bridgehead atoms. The Morgan fingerprint density at radius 2 is 1.55 bits per heavy atom. The Kier molecular flexibility index (Phi) is 10.3. The molecule has 0 unspecified atom stereocenters. The quantitative estimate of drug-likeness (QED) is 0.334. The fourth-order valence-corrected chi connectivity index (χ4v) is 5.80. The number of halogens is 1. The minimum atomic E-state index is -4.15. The van der Waals surface area contributed by atoms with Crippen LogP contribution in [0.15, 0.2) is 83.8 Å². The van der Waals surface area contributed by atoms with Gasteiger partial charge in [0.05, 0.1) is 15.6 Å². The van der Waals surface area contributed by atoms with E-state index in [2.05, 4.69) is 5.32 Å². The van der Waals surface area contributed by atoms with E-state index in [-0.39, 0.29) is 28.1 Å². The van der Waals surface area contributed by atoms with Gasteiger partial charge in [-0.25, -0.2) is 8.42 Å². The Morgan fingerprint density at radius 1 is 0.921 bits per heavy atom. The van der Waals surface area contributed by atoms with Crippen molar-refractivity contribution < 1.29 is 18.0 Å². The zero-order valence-electron chi connectivity index (χ0n) is 21.9. The van der Waals surface area contributed by atoms with E-state index in [9.17, 15) is 18.0 Å². The Morgan fingerprint density at radius 3 is 2.16 bits per heavy atom. The van der Waals surface area contributed by atoms with Gasteiger partial charge in [-0.15, -0.1) is 0 Å². The third kappa shape index (κ3) is 7.14. The highest BCUT2D eigenvalue weighted by atomic mass is 35.5. The van der Waals surface area contributed by atoms with E-state index in [4.69, 9.17) is 11.6 Å². The lowest BCUT2D eigenvalue weighted by atomic mass is 10.1. The Labute approximate surface area is 230 Å². The second-order valence-corrected chi connectivity index (χ2v) is 11.3. The molecule has 1 atom stereocenters. The van der Waals surface area contributed by atoms with E-state index in [0.717, 1.165) is 21.9 Å². The number of amides is 2. The van der Waals surface area contributed by atoms with Gasteiger partial charge in [0, 0.05) is 13.1 Å². The van der Waals surface area contributed by atoms with Crippen LogP contribution in [0.2, 0.25) is 5.02 Å². The number of carbonyl (C=O) groups is 2. The molecule has 0 fully saturated rings. The summed E-state index contributed by atoms with van der Waals surface area (Å²) in [6.07, 6.45) is 1.12. The van der Waals surface area contributed by atoms with Crippen molar-refractivity contribution in [3.63, 3.8) is 0 Å². The monoisotopic (exact) mass is 555 g/mol. The summed E-state index contributed by atoms with van der Waals surface area (Å²) in [6.45, 7) is 5.86. The van der Waals surface area contributed by atoms with Crippen LogP contribution in [0.1, 0.15) is 37.8 Å². The predicted octanol–water partition coefficient (Wildman–Crippen LogP) is 5.18. The van der Waals surface area contributed by atoms with Crippen LogP contribution in [-0.4, -0.2) is 44.3 Å². The Balaban J connectivity index is 2.04. The molecule has 0 saturated heterocycles. The fraction of sp³-hybridized carbons (Fsp3) is 0.310. The fourth-order valence-electron chi connectivity index (χ4n) is 4.06. The first-order chi connectivity index (χ1) is 18.2. The summed E-state index contributed by atoms with van der Waals surface area (Å²) in [7, 11) is -4.15. The Hall–Kier alpha value is -3.36. The number of carbonyl (C=O) groups excluding carboxylic acids is 2. The summed E-state index contributed by atoms with van der Waals surface area (Å²) in [5, 5.41) is 3.07. The van der Waals surface area contributed by atoms with E-state index in [1.54, 1.807) is 42.5 Å². The molecule has 38 heavy (non-hydrogen) atoms. The van der Waals surface area contributed by atoms with Gasteiger partial charge in [0.1, 0.15) is 12.6 Å². The van der Waals surface area contributed by atoms with Crippen LogP contribution in [0.5, 0.6) is 0 Å². The molecule has 2 amide bonds. The van der Waals surface area contributed by atoms with Gasteiger partial charge in [-0.3, -0.25) is 13.9 Å². The average molecular weight is 556 g/mol. The van der Waals surface area contributed by atoms with Gasteiger partial charge in [0.15, 0.2) is 0 Å². The first kappa shape index (κ1) is 29.2. The molecule has 9 heteroatoms. The zero-order chi connectivity index (χ0) is 27.7. The summed E-state index contributed by atoms with van der Waals surface area (Å²) in [6, 6.07) is 21.3. The maximum Gasteiger partial charge on any atom is 0.264 e. The summed E-state index contributed by atoms with van der Waals surface area (Å²) in [5.41, 5.74) is 2.09. The molecule has 0 saturated carbocycles. The average Bonchev–Trinajstić information content (AvgIpc) is 2.92. The molecule has 0 aliphatic rings. The SMILES string of the molecule is CCCNC(=O)[C@@H](CC)N(Cc1ccc(C)cc1)C(=O)CN(c1ccccc1Cl)S(=O)(=O)c1ccccc1. The van der Waals surface area contributed by atoms with Crippen molar-refractivity contribution in [2.24, 2.45) is 0 Å². The van der Waals surface area contributed by atoms with Crippen LogP contribution in [0.3, 0.4) is 0 Å². The predicted molar refractivity (Wildman–Crippen MR) is 152 cm³/mol. The Bertz CT molecular complexity index is 1330. The maximum absolute atomic E-state index is 14.0. The molecule has 0 aliphatic heterocycles. The van der Waals surface area contributed by atoms with E-state index < -0.39 is 28.5 Å². The van der Waals surface area contributed by atoms with Crippen LogP contribution >= 0.6 is 11.6 Å². The number of para-hydroxylation sites is 1. The normalized spacial score (nSPS) is 12.0. The van der Waals surface area contributed by atoms with Crippen LogP contribution in [0, 0.1) is 6.92 Å². The third-order valence-corrected chi connectivity index (χ3v) is 8.23. The lowest BCUT2D eigenvalue weighted by molar-refractivity contribution is -0.140. The van der Waals surface area contributed by atoms with Crippen molar-refractivity contribution in [2.45, 2.75) is 51.1 Å². The number of benzene rings is 3. The molecule has 7 nitrogen and oxygen atoms in total. The van der Waals surface area contributed by atoms with Crippen LogP contribution in [-0.2, 0) is 26.2 Å². The second kappa shape index (κ2) is 13.4. The van der Waals surface area contributed by atoms with Crippen molar-refractivity contribution in [3.8, 4) is 0 Å². The van der Waals surface area contributed by atoms with E-state index in [1.807, 2.05) is 45.0 Å². The van der Waals surface area contributed by atoms with Gasteiger partial charge in [-0.2, -0.15) is 0 Å². The maximum atomic E-state index is 14.0. The lowest BCUT2D eigenvalue weighted by Crippen LogP contribution is -2.52.